The van der Waals surface area contributed by atoms with Crippen LogP contribution in [-0.2, 0) is 0 Å². The highest BCUT2D eigenvalue weighted by Crippen LogP contribution is 2.27. The van der Waals surface area contributed by atoms with Crippen molar-refractivity contribution in [2.24, 2.45) is 0 Å². The van der Waals surface area contributed by atoms with Crippen LogP contribution in [0.5, 0.6) is 5.75 Å². The maximum absolute atomic E-state index is 12.6. The quantitative estimate of drug-likeness (QED) is 0.734. The van der Waals surface area contributed by atoms with Gasteiger partial charge in [0.2, 0.25) is 0 Å². The van der Waals surface area contributed by atoms with Crippen LogP contribution in [0.1, 0.15) is 15.9 Å². The van der Waals surface area contributed by atoms with Gasteiger partial charge in [0.1, 0.15) is 5.75 Å². The minimum absolute atomic E-state index is 0.0164. The summed E-state index contributed by atoms with van der Waals surface area (Å²) in [5.74, 6) is 0.813. The molecule has 104 valence electrons. The molecule has 0 amide bonds. The standard InChI is InChI=1S/C18H15NO2/c1-21-15-9-7-13(8-10-15)16-11-19-12-17(16)18(20)14-5-3-2-4-6-14/h2-12,19H,1H3. The first kappa shape index (κ1) is 13.2. The fourth-order valence-electron chi connectivity index (χ4n) is 2.31. The number of rotatable bonds is 4. The molecule has 0 unspecified atom stereocenters. The molecule has 0 saturated heterocycles. The van der Waals surface area contributed by atoms with Crippen LogP contribution >= 0.6 is 0 Å². The number of carbonyl (C=O) groups excluding carboxylic acids is 1. The van der Waals surface area contributed by atoms with Gasteiger partial charge in [-0.25, -0.2) is 0 Å². The lowest BCUT2D eigenvalue weighted by atomic mass is 9.98. The molecule has 0 radical (unpaired) electrons. The maximum atomic E-state index is 12.6. The zero-order valence-electron chi connectivity index (χ0n) is 11.7. The third-order valence-corrected chi connectivity index (χ3v) is 3.43. The Morgan fingerprint density at radius 1 is 0.952 bits per heavy atom. The number of aromatic nitrogens is 1. The van der Waals surface area contributed by atoms with Crippen LogP contribution in [0.4, 0.5) is 0 Å². The highest BCUT2D eigenvalue weighted by molar-refractivity contribution is 6.12. The van der Waals surface area contributed by atoms with Crippen molar-refractivity contribution >= 4 is 5.78 Å². The Bertz CT molecular complexity index is 742. The lowest BCUT2D eigenvalue weighted by molar-refractivity contribution is 0.103. The van der Waals surface area contributed by atoms with E-state index >= 15 is 0 Å². The number of carbonyl (C=O) groups is 1. The minimum Gasteiger partial charge on any atom is -0.497 e. The molecule has 3 nitrogen and oxygen atoms in total. The van der Waals surface area contributed by atoms with E-state index in [4.69, 9.17) is 4.74 Å². The third kappa shape index (κ3) is 2.58. The summed E-state index contributed by atoms with van der Waals surface area (Å²) in [5, 5.41) is 0. The molecule has 0 aliphatic rings. The van der Waals surface area contributed by atoms with Gasteiger partial charge in [0, 0.05) is 29.1 Å². The van der Waals surface area contributed by atoms with Crippen LogP contribution in [0.3, 0.4) is 0 Å². The van der Waals surface area contributed by atoms with Gasteiger partial charge in [0.05, 0.1) is 7.11 Å². The van der Waals surface area contributed by atoms with Crippen molar-refractivity contribution in [2.45, 2.75) is 0 Å². The van der Waals surface area contributed by atoms with Gasteiger partial charge in [-0.15, -0.1) is 0 Å². The first-order valence-electron chi connectivity index (χ1n) is 6.70. The zero-order chi connectivity index (χ0) is 14.7. The third-order valence-electron chi connectivity index (χ3n) is 3.43. The van der Waals surface area contributed by atoms with Gasteiger partial charge in [-0.2, -0.15) is 0 Å². The summed E-state index contributed by atoms with van der Waals surface area (Å²) < 4.78 is 5.16. The lowest BCUT2D eigenvalue weighted by Crippen LogP contribution is -2.01. The number of aromatic amines is 1. The number of methoxy groups -OCH3 is 1. The van der Waals surface area contributed by atoms with E-state index in [1.165, 1.54) is 0 Å². The summed E-state index contributed by atoms with van der Waals surface area (Å²) in [6, 6.07) is 17.0. The number of ketones is 1. The number of ether oxygens (including phenoxy) is 1. The van der Waals surface area contributed by atoms with E-state index in [9.17, 15) is 4.79 Å². The van der Waals surface area contributed by atoms with Gasteiger partial charge in [0.25, 0.3) is 0 Å². The Labute approximate surface area is 123 Å². The van der Waals surface area contributed by atoms with Gasteiger partial charge >= 0.3 is 0 Å². The molecular weight excluding hydrogens is 262 g/mol. The zero-order valence-corrected chi connectivity index (χ0v) is 11.7. The van der Waals surface area contributed by atoms with Crippen molar-refractivity contribution < 1.29 is 9.53 Å². The van der Waals surface area contributed by atoms with Crippen LogP contribution in [0, 0.1) is 0 Å². The fourth-order valence-corrected chi connectivity index (χ4v) is 2.31. The molecule has 21 heavy (non-hydrogen) atoms. The minimum atomic E-state index is 0.0164. The number of hydrogen-bond donors (Lipinski definition) is 1. The van der Waals surface area contributed by atoms with Gasteiger partial charge in [-0.1, -0.05) is 42.5 Å². The molecule has 1 aromatic heterocycles. The number of hydrogen-bond acceptors (Lipinski definition) is 2. The van der Waals surface area contributed by atoms with E-state index in [1.54, 1.807) is 13.3 Å². The number of nitrogens with one attached hydrogen (secondary N) is 1. The molecule has 1 heterocycles. The Hall–Kier alpha value is -2.81. The van der Waals surface area contributed by atoms with Crippen molar-refractivity contribution in [3.63, 3.8) is 0 Å². The van der Waals surface area contributed by atoms with Crippen LogP contribution in [0.25, 0.3) is 11.1 Å². The molecule has 0 fully saturated rings. The van der Waals surface area contributed by atoms with Gasteiger partial charge in [-0.05, 0) is 17.7 Å². The molecule has 3 heteroatoms. The van der Waals surface area contributed by atoms with Crippen molar-refractivity contribution in [1.29, 1.82) is 0 Å². The average Bonchev–Trinajstić information content (AvgIpc) is 3.04. The second-order valence-corrected chi connectivity index (χ2v) is 4.71. The van der Waals surface area contributed by atoms with Crippen LogP contribution in [-0.4, -0.2) is 17.9 Å². The summed E-state index contributed by atoms with van der Waals surface area (Å²) in [6.45, 7) is 0. The Kier molecular flexibility index (Phi) is 3.56. The predicted molar refractivity (Wildman–Crippen MR) is 82.7 cm³/mol. The van der Waals surface area contributed by atoms with E-state index < -0.39 is 0 Å². The number of H-pyrrole nitrogens is 1. The molecule has 0 saturated carbocycles. The summed E-state index contributed by atoms with van der Waals surface area (Å²) in [5.41, 5.74) is 3.24. The molecule has 0 spiro atoms. The molecular formula is C18H15NO2. The van der Waals surface area contributed by atoms with E-state index in [0.29, 0.717) is 11.1 Å². The van der Waals surface area contributed by atoms with Crippen LogP contribution < -0.4 is 4.74 Å². The van der Waals surface area contributed by atoms with Crippen molar-refractivity contribution in [1.82, 2.24) is 4.98 Å². The normalized spacial score (nSPS) is 10.3. The topological polar surface area (TPSA) is 42.1 Å². The molecule has 3 aromatic rings. The molecule has 0 atom stereocenters. The summed E-state index contributed by atoms with van der Waals surface area (Å²) in [6.07, 6.45) is 3.59. The molecule has 0 aliphatic heterocycles. The highest BCUT2D eigenvalue weighted by Gasteiger charge is 2.15. The van der Waals surface area contributed by atoms with E-state index in [1.807, 2.05) is 60.8 Å². The van der Waals surface area contributed by atoms with E-state index in [2.05, 4.69) is 4.98 Å². The highest BCUT2D eigenvalue weighted by atomic mass is 16.5. The molecule has 0 aliphatic carbocycles. The second kappa shape index (κ2) is 5.67. The molecule has 1 N–H and O–H groups in total. The summed E-state index contributed by atoms with van der Waals surface area (Å²) >= 11 is 0. The van der Waals surface area contributed by atoms with Crippen molar-refractivity contribution in [3.05, 3.63) is 78.1 Å². The van der Waals surface area contributed by atoms with Gasteiger partial charge in [0.15, 0.2) is 5.78 Å². The Morgan fingerprint density at radius 3 is 2.33 bits per heavy atom. The summed E-state index contributed by atoms with van der Waals surface area (Å²) in [7, 11) is 1.63. The SMILES string of the molecule is COc1ccc(-c2c[nH]cc2C(=O)c2ccccc2)cc1. The van der Waals surface area contributed by atoms with Gasteiger partial charge < -0.3 is 9.72 Å². The monoisotopic (exact) mass is 277 g/mol. The first-order chi connectivity index (χ1) is 10.3. The van der Waals surface area contributed by atoms with Crippen molar-refractivity contribution in [3.8, 4) is 16.9 Å². The fraction of sp³-hybridized carbons (Fsp3) is 0.0556. The maximum Gasteiger partial charge on any atom is 0.195 e. The lowest BCUT2D eigenvalue weighted by Gasteiger charge is -2.05. The van der Waals surface area contributed by atoms with Crippen LogP contribution in [0.2, 0.25) is 0 Å². The van der Waals surface area contributed by atoms with Crippen LogP contribution in [0.15, 0.2) is 67.0 Å². The largest absolute Gasteiger partial charge is 0.497 e. The smallest absolute Gasteiger partial charge is 0.195 e. The summed E-state index contributed by atoms with van der Waals surface area (Å²) in [4.78, 5) is 15.6. The predicted octanol–water partition coefficient (Wildman–Crippen LogP) is 3.92. The Morgan fingerprint density at radius 2 is 1.67 bits per heavy atom. The van der Waals surface area contributed by atoms with E-state index in [0.717, 1.165) is 16.9 Å². The number of benzene rings is 2. The average molecular weight is 277 g/mol. The second-order valence-electron chi connectivity index (χ2n) is 4.71. The van der Waals surface area contributed by atoms with Gasteiger partial charge in [-0.3, -0.25) is 4.79 Å². The molecule has 2 aromatic carbocycles. The first-order valence-corrected chi connectivity index (χ1v) is 6.70. The van der Waals surface area contributed by atoms with Crippen molar-refractivity contribution in [2.75, 3.05) is 7.11 Å². The van der Waals surface area contributed by atoms with E-state index in [-0.39, 0.29) is 5.78 Å². The molecule has 0 bridgehead atoms. The Balaban J connectivity index is 1.99. The molecule has 3 rings (SSSR count).